The Balaban J connectivity index is 2.05. The van der Waals surface area contributed by atoms with Crippen molar-refractivity contribution in [1.82, 2.24) is 4.90 Å². The Morgan fingerprint density at radius 1 is 1.24 bits per heavy atom. The van der Waals surface area contributed by atoms with Crippen LogP contribution in [0.15, 0.2) is 24.3 Å². The number of amides is 1. The van der Waals surface area contributed by atoms with Crippen LogP contribution in [-0.4, -0.2) is 30.3 Å². The summed E-state index contributed by atoms with van der Waals surface area (Å²) in [4.78, 5) is 14.1. The molecule has 0 unspecified atom stereocenters. The predicted molar refractivity (Wildman–Crippen MR) is 72.0 cm³/mol. The number of likely N-dealkylation sites (tertiary alicyclic amines) is 1. The maximum atomic E-state index is 12.4. The van der Waals surface area contributed by atoms with Crippen molar-refractivity contribution in [1.29, 1.82) is 0 Å². The van der Waals surface area contributed by atoms with E-state index in [1.807, 2.05) is 0 Å². The fraction of sp³-hybridized carbons (Fsp3) is 0.533. The van der Waals surface area contributed by atoms with Gasteiger partial charge in [0.15, 0.2) is 0 Å². The van der Waals surface area contributed by atoms with Crippen LogP contribution in [-0.2, 0) is 0 Å². The van der Waals surface area contributed by atoms with E-state index in [0.717, 1.165) is 19.3 Å². The van der Waals surface area contributed by atoms with Gasteiger partial charge in [0, 0.05) is 18.7 Å². The normalized spacial score (nSPS) is 20.0. The van der Waals surface area contributed by atoms with Crippen LogP contribution in [0.2, 0.25) is 0 Å². The molecule has 0 spiro atoms. The van der Waals surface area contributed by atoms with Crippen molar-refractivity contribution >= 4 is 5.91 Å². The van der Waals surface area contributed by atoms with Crippen molar-refractivity contribution in [3.8, 4) is 5.75 Å². The molecule has 1 heterocycles. The molecule has 1 fully saturated rings. The zero-order chi connectivity index (χ0) is 15.5. The molecule has 0 aromatic heterocycles. The lowest BCUT2D eigenvalue weighted by molar-refractivity contribution is -0.274. The predicted octanol–water partition coefficient (Wildman–Crippen LogP) is 3.85. The fourth-order valence-electron chi connectivity index (χ4n) is 2.52. The number of alkyl halides is 3. The number of carbonyl (C=O) groups excluding carboxylic acids is 1. The van der Waals surface area contributed by atoms with E-state index >= 15 is 0 Å². The SMILES string of the molecule is C[C@H]1CCCCN(C(=O)c2ccc(OC(F)(F)F)cc2)C1. The van der Waals surface area contributed by atoms with Crippen LogP contribution in [0.1, 0.15) is 36.5 Å². The van der Waals surface area contributed by atoms with E-state index in [-0.39, 0.29) is 11.7 Å². The summed E-state index contributed by atoms with van der Waals surface area (Å²) in [5, 5.41) is 0. The van der Waals surface area contributed by atoms with Crippen molar-refractivity contribution < 1.29 is 22.7 Å². The van der Waals surface area contributed by atoms with E-state index in [2.05, 4.69) is 11.7 Å². The molecule has 0 N–H and O–H groups in total. The summed E-state index contributed by atoms with van der Waals surface area (Å²) in [5.74, 6) is -0.00474. The van der Waals surface area contributed by atoms with Gasteiger partial charge in [0.25, 0.3) is 5.91 Å². The number of benzene rings is 1. The first-order valence-corrected chi connectivity index (χ1v) is 7.00. The van der Waals surface area contributed by atoms with E-state index in [1.165, 1.54) is 24.3 Å². The molecule has 0 aliphatic carbocycles. The summed E-state index contributed by atoms with van der Waals surface area (Å²) in [6.45, 7) is 3.50. The molecule has 0 radical (unpaired) electrons. The number of nitrogens with zero attached hydrogens (tertiary/aromatic N) is 1. The van der Waals surface area contributed by atoms with E-state index in [9.17, 15) is 18.0 Å². The molecule has 0 saturated carbocycles. The summed E-state index contributed by atoms with van der Waals surface area (Å²) in [6, 6.07) is 5.09. The van der Waals surface area contributed by atoms with Crippen LogP contribution >= 0.6 is 0 Å². The van der Waals surface area contributed by atoms with Crippen LogP contribution in [0.5, 0.6) is 5.75 Å². The van der Waals surface area contributed by atoms with E-state index in [1.54, 1.807) is 4.90 Å². The topological polar surface area (TPSA) is 29.5 Å². The van der Waals surface area contributed by atoms with Crippen LogP contribution in [0.3, 0.4) is 0 Å². The van der Waals surface area contributed by atoms with Gasteiger partial charge in [-0.3, -0.25) is 4.79 Å². The minimum absolute atomic E-state index is 0.137. The lowest BCUT2D eigenvalue weighted by atomic mass is 10.1. The fourth-order valence-corrected chi connectivity index (χ4v) is 2.52. The lowest BCUT2D eigenvalue weighted by Gasteiger charge is -2.23. The quantitative estimate of drug-likeness (QED) is 0.830. The number of ether oxygens (including phenoxy) is 1. The second-order valence-corrected chi connectivity index (χ2v) is 5.42. The molecule has 1 aromatic rings. The second-order valence-electron chi connectivity index (χ2n) is 5.42. The molecule has 1 saturated heterocycles. The largest absolute Gasteiger partial charge is 0.573 e. The maximum Gasteiger partial charge on any atom is 0.573 e. The van der Waals surface area contributed by atoms with Crippen LogP contribution in [0, 0.1) is 5.92 Å². The summed E-state index contributed by atoms with van der Waals surface area (Å²) >= 11 is 0. The van der Waals surface area contributed by atoms with Gasteiger partial charge in [-0.05, 0) is 43.0 Å². The van der Waals surface area contributed by atoms with E-state index in [0.29, 0.717) is 24.6 Å². The molecule has 6 heteroatoms. The third-order valence-electron chi connectivity index (χ3n) is 3.53. The van der Waals surface area contributed by atoms with Gasteiger partial charge >= 0.3 is 6.36 Å². The second kappa shape index (κ2) is 6.37. The lowest BCUT2D eigenvalue weighted by Crippen LogP contribution is -2.34. The van der Waals surface area contributed by atoms with Crippen LogP contribution < -0.4 is 4.74 Å². The summed E-state index contributed by atoms with van der Waals surface area (Å²) < 4.78 is 40.0. The summed E-state index contributed by atoms with van der Waals surface area (Å²) in [6.07, 6.45) is -1.55. The van der Waals surface area contributed by atoms with Crippen molar-refractivity contribution in [2.75, 3.05) is 13.1 Å². The zero-order valence-corrected chi connectivity index (χ0v) is 11.8. The van der Waals surface area contributed by atoms with Crippen molar-refractivity contribution in [2.45, 2.75) is 32.5 Å². The van der Waals surface area contributed by atoms with Gasteiger partial charge in [-0.2, -0.15) is 0 Å². The molecule has 2 rings (SSSR count). The molecule has 1 amide bonds. The Morgan fingerprint density at radius 2 is 1.90 bits per heavy atom. The first kappa shape index (κ1) is 15.7. The number of hydrogen-bond acceptors (Lipinski definition) is 2. The third-order valence-corrected chi connectivity index (χ3v) is 3.53. The van der Waals surface area contributed by atoms with Gasteiger partial charge in [0.05, 0.1) is 0 Å². The minimum atomic E-state index is -4.72. The molecule has 1 atom stereocenters. The smallest absolute Gasteiger partial charge is 0.406 e. The minimum Gasteiger partial charge on any atom is -0.406 e. The van der Waals surface area contributed by atoms with Crippen molar-refractivity contribution in [2.24, 2.45) is 5.92 Å². The maximum absolute atomic E-state index is 12.4. The van der Waals surface area contributed by atoms with Gasteiger partial charge in [0.1, 0.15) is 5.75 Å². The van der Waals surface area contributed by atoms with E-state index < -0.39 is 6.36 Å². The molecular weight excluding hydrogens is 283 g/mol. The molecule has 21 heavy (non-hydrogen) atoms. The van der Waals surface area contributed by atoms with E-state index in [4.69, 9.17) is 0 Å². The molecule has 116 valence electrons. The van der Waals surface area contributed by atoms with Gasteiger partial charge in [0.2, 0.25) is 0 Å². The standard InChI is InChI=1S/C15H18F3NO2/c1-11-4-2-3-9-19(10-11)14(20)12-5-7-13(8-6-12)21-15(16,17)18/h5-8,11H,2-4,9-10H2,1H3/t11-/m0/s1. The Hall–Kier alpha value is -1.72. The summed E-state index contributed by atoms with van der Waals surface area (Å²) in [7, 11) is 0. The Labute approximate surface area is 121 Å². The van der Waals surface area contributed by atoms with Gasteiger partial charge in [-0.1, -0.05) is 13.3 Å². The molecular formula is C15H18F3NO2. The van der Waals surface area contributed by atoms with Crippen LogP contribution in [0.25, 0.3) is 0 Å². The molecule has 1 aliphatic heterocycles. The Kier molecular flexibility index (Phi) is 4.75. The molecule has 1 aliphatic rings. The van der Waals surface area contributed by atoms with Gasteiger partial charge in [-0.15, -0.1) is 13.2 Å². The van der Waals surface area contributed by atoms with Crippen molar-refractivity contribution in [3.63, 3.8) is 0 Å². The number of carbonyl (C=O) groups is 1. The average Bonchev–Trinajstić information content (AvgIpc) is 2.62. The number of halogens is 3. The molecule has 3 nitrogen and oxygen atoms in total. The monoisotopic (exact) mass is 301 g/mol. The molecule has 1 aromatic carbocycles. The highest BCUT2D eigenvalue weighted by Crippen LogP contribution is 2.24. The highest BCUT2D eigenvalue weighted by atomic mass is 19.4. The molecule has 0 bridgehead atoms. The summed E-state index contributed by atoms with van der Waals surface area (Å²) in [5.41, 5.74) is 0.388. The highest BCUT2D eigenvalue weighted by molar-refractivity contribution is 5.94. The van der Waals surface area contributed by atoms with Gasteiger partial charge in [-0.25, -0.2) is 0 Å². The highest BCUT2D eigenvalue weighted by Gasteiger charge is 2.31. The Morgan fingerprint density at radius 3 is 2.52 bits per heavy atom. The Bertz CT molecular complexity index is 485. The van der Waals surface area contributed by atoms with Gasteiger partial charge < -0.3 is 9.64 Å². The first-order valence-electron chi connectivity index (χ1n) is 7.00. The zero-order valence-electron chi connectivity index (χ0n) is 11.8. The number of hydrogen-bond donors (Lipinski definition) is 0. The third kappa shape index (κ3) is 4.65. The average molecular weight is 301 g/mol. The first-order chi connectivity index (χ1) is 9.85. The van der Waals surface area contributed by atoms with Crippen LogP contribution in [0.4, 0.5) is 13.2 Å². The van der Waals surface area contributed by atoms with Crippen molar-refractivity contribution in [3.05, 3.63) is 29.8 Å². The number of rotatable bonds is 2.